The van der Waals surface area contributed by atoms with E-state index in [0.29, 0.717) is 0 Å². The summed E-state index contributed by atoms with van der Waals surface area (Å²) >= 11 is 0. The lowest BCUT2D eigenvalue weighted by Crippen LogP contribution is -1.93. The summed E-state index contributed by atoms with van der Waals surface area (Å²) in [7, 11) is 1.61. The van der Waals surface area contributed by atoms with Crippen molar-refractivity contribution in [2.75, 3.05) is 7.11 Å². The van der Waals surface area contributed by atoms with Crippen LogP contribution >= 0.6 is 0 Å². The van der Waals surface area contributed by atoms with Gasteiger partial charge in [0.2, 0.25) is 0 Å². The summed E-state index contributed by atoms with van der Waals surface area (Å²) < 4.78 is 5.06. The Morgan fingerprint density at radius 3 is 2.85 bits per heavy atom. The fourth-order valence-electron chi connectivity index (χ4n) is 1.20. The summed E-state index contributed by atoms with van der Waals surface area (Å²) in [6.45, 7) is 2.05. The van der Waals surface area contributed by atoms with E-state index in [1.54, 1.807) is 7.11 Å². The summed E-state index contributed by atoms with van der Waals surface area (Å²) in [5, 5.41) is 11.4. The maximum atomic E-state index is 8.43. The van der Waals surface area contributed by atoms with Crippen molar-refractivity contribution in [3.05, 3.63) is 29.3 Å². The van der Waals surface area contributed by atoms with Gasteiger partial charge >= 0.3 is 0 Å². The fourth-order valence-corrected chi connectivity index (χ4v) is 1.20. The second kappa shape index (κ2) is 4.50. The maximum absolute atomic E-state index is 8.43. The van der Waals surface area contributed by atoms with E-state index in [2.05, 4.69) is 12.1 Å². The van der Waals surface area contributed by atoms with Crippen LogP contribution in [0.5, 0.6) is 5.75 Å². The van der Waals surface area contributed by atoms with E-state index < -0.39 is 0 Å². The Bertz CT molecular complexity index is 308. The van der Waals surface area contributed by atoms with Crippen molar-refractivity contribution < 1.29 is 9.94 Å². The summed E-state index contributed by atoms with van der Waals surface area (Å²) in [6, 6.07) is 5.71. The Labute approximate surface area is 77.6 Å². The number of rotatable bonds is 3. The van der Waals surface area contributed by atoms with Crippen LogP contribution in [0.4, 0.5) is 0 Å². The predicted molar refractivity (Wildman–Crippen MR) is 51.8 cm³/mol. The normalized spacial score (nSPS) is 10.6. The van der Waals surface area contributed by atoms with Crippen molar-refractivity contribution in [3.63, 3.8) is 0 Å². The van der Waals surface area contributed by atoms with E-state index >= 15 is 0 Å². The molecule has 0 amide bonds. The summed E-state index contributed by atoms with van der Waals surface area (Å²) in [5.41, 5.74) is 2.03. The van der Waals surface area contributed by atoms with Crippen LogP contribution in [-0.2, 0) is 6.42 Å². The van der Waals surface area contributed by atoms with E-state index in [9.17, 15) is 0 Å². The number of hydrogen-bond acceptors (Lipinski definition) is 3. The first-order valence-electron chi connectivity index (χ1n) is 4.16. The third-order valence-electron chi connectivity index (χ3n) is 1.93. The van der Waals surface area contributed by atoms with Crippen LogP contribution in [-0.4, -0.2) is 18.5 Å². The number of hydrogen-bond donors (Lipinski definition) is 1. The van der Waals surface area contributed by atoms with E-state index in [-0.39, 0.29) is 0 Å². The van der Waals surface area contributed by atoms with E-state index in [1.807, 2.05) is 18.2 Å². The molecule has 0 heterocycles. The van der Waals surface area contributed by atoms with Crippen LogP contribution in [0.3, 0.4) is 0 Å². The molecule has 0 aliphatic carbocycles. The van der Waals surface area contributed by atoms with Gasteiger partial charge in [-0.3, -0.25) is 0 Å². The van der Waals surface area contributed by atoms with Crippen LogP contribution in [0.25, 0.3) is 0 Å². The molecule has 1 aromatic rings. The molecule has 0 aromatic heterocycles. The second-order valence-corrected chi connectivity index (χ2v) is 2.66. The van der Waals surface area contributed by atoms with Crippen molar-refractivity contribution in [2.45, 2.75) is 13.3 Å². The second-order valence-electron chi connectivity index (χ2n) is 2.66. The molecule has 0 fully saturated rings. The van der Waals surface area contributed by atoms with Crippen molar-refractivity contribution >= 4 is 6.21 Å². The minimum Gasteiger partial charge on any atom is -0.497 e. The van der Waals surface area contributed by atoms with Crippen molar-refractivity contribution in [3.8, 4) is 5.75 Å². The van der Waals surface area contributed by atoms with Gasteiger partial charge in [0.25, 0.3) is 0 Å². The van der Waals surface area contributed by atoms with Crippen molar-refractivity contribution in [2.24, 2.45) is 5.16 Å². The molecule has 0 radical (unpaired) electrons. The lowest BCUT2D eigenvalue weighted by molar-refractivity contribution is 0.322. The maximum Gasteiger partial charge on any atom is 0.119 e. The first-order valence-corrected chi connectivity index (χ1v) is 4.16. The average molecular weight is 179 g/mol. The highest BCUT2D eigenvalue weighted by Gasteiger charge is 2.00. The Morgan fingerprint density at radius 2 is 2.31 bits per heavy atom. The zero-order chi connectivity index (χ0) is 9.68. The quantitative estimate of drug-likeness (QED) is 0.438. The van der Waals surface area contributed by atoms with Crippen LogP contribution in [0.1, 0.15) is 18.1 Å². The van der Waals surface area contributed by atoms with Gasteiger partial charge in [0.05, 0.1) is 13.3 Å². The first kappa shape index (κ1) is 9.58. The molecule has 3 heteroatoms. The lowest BCUT2D eigenvalue weighted by Gasteiger charge is -2.05. The Morgan fingerprint density at radius 1 is 1.54 bits per heavy atom. The average Bonchev–Trinajstić information content (AvgIpc) is 2.18. The molecule has 0 atom stereocenters. The molecule has 70 valence electrons. The first-order chi connectivity index (χ1) is 6.31. The molecule has 0 spiro atoms. The molecule has 0 bridgehead atoms. The molecule has 0 aliphatic heterocycles. The molecule has 1 rings (SSSR count). The molecule has 0 saturated heterocycles. The van der Waals surface area contributed by atoms with Crippen LogP contribution in [0.15, 0.2) is 23.4 Å². The number of nitrogens with zero attached hydrogens (tertiary/aromatic N) is 1. The SMILES string of the molecule is CCc1ccc(OC)cc1/C=N/O. The topological polar surface area (TPSA) is 41.8 Å². The summed E-state index contributed by atoms with van der Waals surface area (Å²) in [4.78, 5) is 0. The van der Waals surface area contributed by atoms with Gasteiger partial charge in [-0.15, -0.1) is 0 Å². The number of benzene rings is 1. The summed E-state index contributed by atoms with van der Waals surface area (Å²) in [5.74, 6) is 0.770. The molecule has 3 nitrogen and oxygen atoms in total. The summed E-state index contributed by atoms with van der Waals surface area (Å²) in [6.07, 6.45) is 2.33. The third kappa shape index (κ3) is 2.21. The Balaban J connectivity index is 3.09. The standard InChI is InChI=1S/C10H13NO2/c1-3-8-4-5-10(13-2)6-9(8)7-11-12/h4-7,12H,3H2,1-2H3/b11-7+. The zero-order valence-corrected chi connectivity index (χ0v) is 7.82. The molecule has 0 aliphatic rings. The molecule has 1 N–H and O–H groups in total. The van der Waals surface area contributed by atoms with Gasteiger partial charge in [-0.2, -0.15) is 0 Å². The number of aryl methyl sites for hydroxylation is 1. The van der Waals surface area contributed by atoms with Gasteiger partial charge in [-0.25, -0.2) is 0 Å². The molecule has 1 aromatic carbocycles. The lowest BCUT2D eigenvalue weighted by atomic mass is 10.1. The third-order valence-corrected chi connectivity index (χ3v) is 1.93. The van der Waals surface area contributed by atoms with E-state index in [4.69, 9.17) is 9.94 Å². The van der Waals surface area contributed by atoms with Crippen LogP contribution in [0, 0.1) is 0 Å². The van der Waals surface area contributed by atoms with Gasteiger partial charge in [-0.1, -0.05) is 18.1 Å². The largest absolute Gasteiger partial charge is 0.497 e. The van der Waals surface area contributed by atoms with Gasteiger partial charge in [0.15, 0.2) is 0 Å². The fraction of sp³-hybridized carbons (Fsp3) is 0.300. The molecule has 0 unspecified atom stereocenters. The Kier molecular flexibility index (Phi) is 3.31. The van der Waals surface area contributed by atoms with E-state index in [0.717, 1.165) is 23.3 Å². The molecular formula is C10H13NO2. The smallest absolute Gasteiger partial charge is 0.119 e. The number of oxime groups is 1. The Hall–Kier alpha value is -1.51. The predicted octanol–water partition coefficient (Wildman–Crippen LogP) is 2.07. The van der Waals surface area contributed by atoms with Gasteiger partial charge in [0, 0.05) is 5.56 Å². The highest BCUT2D eigenvalue weighted by Crippen LogP contribution is 2.16. The van der Waals surface area contributed by atoms with Crippen molar-refractivity contribution in [1.29, 1.82) is 0 Å². The zero-order valence-electron chi connectivity index (χ0n) is 7.82. The van der Waals surface area contributed by atoms with Crippen molar-refractivity contribution in [1.82, 2.24) is 0 Å². The molecular weight excluding hydrogens is 166 g/mol. The van der Waals surface area contributed by atoms with Crippen LogP contribution in [0.2, 0.25) is 0 Å². The molecule has 13 heavy (non-hydrogen) atoms. The minimum atomic E-state index is 0.770. The number of methoxy groups -OCH3 is 1. The monoisotopic (exact) mass is 179 g/mol. The van der Waals surface area contributed by atoms with Gasteiger partial charge < -0.3 is 9.94 Å². The van der Waals surface area contributed by atoms with Crippen LogP contribution < -0.4 is 4.74 Å². The van der Waals surface area contributed by atoms with Gasteiger partial charge in [0.1, 0.15) is 5.75 Å². The highest BCUT2D eigenvalue weighted by atomic mass is 16.5. The number of ether oxygens (including phenoxy) is 1. The highest BCUT2D eigenvalue weighted by molar-refractivity contribution is 5.82. The van der Waals surface area contributed by atoms with Gasteiger partial charge in [-0.05, 0) is 24.1 Å². The minimum absolute atomic E-state index is 0.770. The van der Waals surface area contributed by atoms with E-state index in [1.165, 1.54) is 6.21 Å². The molecule has 0 saturated carbocycles.